The molecule has 4 heteroatoms. The maximum atomic E-state index is 12.4. The van der Waals surface area contributed by atoms with Crippen molar-refractivity contribution in [3.63, 3.8) is 0 Å². The number of nitrogens with zero attached hydrogens (tertiary/aromatic N) is 2. The average Bonchev–Trinajstić information content (AvgIpc) is 2.92. The molecule has 0 saturated heterocycles. The molecule has 0 atom stereocenters. The summed E-state index contributed by atoms with van der Waals surface area (Å²) in [5.41, 5.74) is 4.51. The van der Waals surface area contributed by atoms with Crippen molar-refractivity contribution in [2.75, 3.05) is 5.84 Å². The Morgan fingerprint density at radius 2 is 1.68 bits per heavy atom. The highest BCUT2D eigenvalue weighted by Crippen LogP contribution is 2.25. The molecule has 0 radical (unpaired) electrons. The number of para-hydroxylation sites is 1. The van der Waals surface area contributed by atoms with Gasteiger partial charge in [0.1, 0.15) is 5.52 Å². The van der Waals surface area contributed by atoms with Crippen molar-refractivity contribution in [3.05, 3.63) is 76.7 Å². The van der Waals surface area contributed by atoms with Gasteiger partial charge in [0.05, 0.1) is 17.4 Å². The molecule has 0 aliphatic heterocycles. The van der Waals surface area contributed by atoms with Crippen LogP contribution in [-0.2, 0) is 0 Å². The quantitative estimate of drug-likeness (QED) is 0.548. The number of aryl methyl sites for hydroxylation is 1. The van der Waals surface area contributed by atoms with Crippen LogP contribution in [0.4, 0.5) is 0 Å². The van der Waals surface area contributed by atoms with Gasteiger partial charge >= 0.3 is 0 Å². The van der Waals surface area contributed by atoms with Crippen molar-refractivity contribution in [1.82, 2.24) is 9.08 Å². The van der Waals surface area contributed by atoms with Gasteiger partial charge in [-0.3, -0.25) is 4.79 Å². The van der Waals surface area contributed by atoms with E-state index >= 15 is 0 Å². The number of benzene rings is 2. The maximum Gasteiger partial charge on any atom is 0.292 e. The third-order valence-corrected chi connectivity index (χ3v) is 4.01. The minimum absolute atomic E-state index is 0.202. The van der Waals surface area contributed by atoms with E-state index in [0.717, 1.165) is 26.8 Å². The van der Waals surface area contributed by atoms with E-state index in [9.17, 15) is 4.79 Å². The van der Waals surface area contributed by atoms with E-state index < -0.39 is 0 Å². The third-order valence-electron chi connectivity index (χ3n) is 4.01. The third kappa shape index (κ3) is 1.74. The van der Waals surface area contributed by atoms with Crippen LogP contribution < -0.4 is 11.4 Å². The van der Waals surface area contributed by atoms with E-state index in [1.807, 2.05) is 53.8 Å². The van der Waals surface area contributed by atoms with E-state index in [-0.39, 0.29) is 5.56 Å². The van der Waals surface area contributed by atoms with Crippen LogP contribution >= 0.6 is 0 Å². The summed E-state index contributed by atoms with van der Waals surface area (Å²) in [6.07, 6.45) is 1.69. The molecule has 0 saturated carbocycles. The Labute approximate surface area is 127 Å². The first kappa shape index (κ1) is 12.7. The van der Waals surface area contributed by atoms with Gasteiger partial charge in [-0.2, -0.15) is 0 Å². The molecule has 4 rings (SSSR count). The summed E-state index contributed by atoms with van der Waals surface area (Å²) in [4.78, 5) is 12.4. The molecule has 108 valence electrons. The van der Waals surface area contributed by atoms with Gasteiger partial charge in [-0.25, -0.2) is 4.68 Å². The Kier molecular flexibility index (Phi) is 2.60. The molecule has 0 aliphatic rings. The van der Waals surface area contributed by atoms with Crippen LogP contribution in [-0.4, -0.2) is 9.08 Å². The van der Waals surface area contributed by atoms with Gasteiger partial charge in [-0.1, -0.05) is 48.0 Å². The first-order chi connectivity index (χ1) is 10.6. The number of nitrogen functional groups attached to an aromatic ring is 1. The van der Waals surface area contributed by atoms with Crippen molar-refractivity contribution in [3.8, 4) is 11.3 Å². The van der Waals surface area contributed by atoms with Crippen LogP contribution in [0.5, 0.6) is 0 Å². The van der Waals surface area contributed by atoms with Gasteiger partial charge in [0, 0.05) is 10.9 Å². The summed E-state index contributed by atoms with van der Waals surface area (Å²) in [7, 11) is 0. The van der Waals surface area contributed by atoms with Crippen molar-refractivity contribution in [2.24, 2.45) is 0 Å². The van der Waals surface area contributed by atoms with E-state index in [4.69, 9.17) is 5.84 Å². The monoisotopic (exact) mass is 289 g/mol. The van der Waals surface area contributed by atoms with Crippen molar-refractivity contribution < 1.29 is 0 Å². The van der Waals surface area contributed by atoms with Gasteiger partial charge in [0.15, 0.2) is 0 Å². The summed E-state index contributed by atoms with van der Waals surface area (Å²) < 4.78 is 3.13. The molecule has 2 aromatic carbocycles. The van der Waals surface area contributed by atoms with Crippen LogP contribution in [0.1, 0.15) is 5.56 Å². The van der Waals surface area contributed by atoms with Crippen LogP contribution in [0, 0.1) is 6.92 Å². The predicted molar refractivity (Wildman–Crippen MR) is 89.5 cm³/mol. The molecule has 0 bridgehead atoms. The van der Waals surface area contributed by atoms with Crippen LogP contribution in [0.25, 0.3) is 27.7 Å². The molecule has 0 unspecified atom stereocenters. The lowest BCUT2D eigenvalue weighted by molar-refractivity contribution is 0.923. The summed E-state index contributed by atoms with van der Waals surface area (Å²) in [6.45, 7) is 2.05. The van der Waals surface area contributed by atoms with Crippen LogP contribution in [0.3, 0.4) is 0 Å². The number of aromatic nitrogens is 2. The second kappa shape index (κ2) is 4.49. The van der Waals surface area contributed by atoms with E-state index in [1.54, 1.807) is 6.20 Å². The lowest BCUT2D eigenvalue weighted by Crippen LogP contribution is -2.28. The molecule has 4 nitrogen and oxygen atoms in total. The van der Waals surface area contributed by atoms with E-state index in [0.29, 0.717) is 5.52 Å². The minimum Gasteiger partial charge on any atom is -0.336 e. The average molecular weight is 289 g/mol. The lowest BCUT2D eigenvalue weighted by Gasteiger charge is -2.10. The summed E-state index contributed by atoms with van der Waals surface area (Å²) in [6, 6.07) is 18.0. The zero-order valence-corrected chi connectivity index (χ0v) is 12.2. The fourth-order valence-corrected chi connectivity index (χ4v) is 2.88. The number of hydrogen-bond donors (Lipinski definition) is 1. The molecule has 2 heterocycles. The largest absolute Gasteiger partial charge is 0.336 e. The molecular formula is C18H15N3O. The number of hydrogen-bond acceptors (Lipinski definition) is 2. The van der Waals surface area contributed by atoms with Gasteiger partial charge in [0.2, 0.25) is 0 Å². The Morgan fingerprint density at radius 1 is 0.955 bits per heavy atom. The molecule has 2 aromatic heterocycles. The van der Waals surface area contributed by atoms with Gasteiger partial charge in [-0.15, -0.1) is 0 Å². The predicted octanol–water partition coefficient (Wildman–Crippen LogP) is 2.94. The molecule has 22 heavy (non-hydrogen) atoms. The van der Waals surface area contributed by atoms with Gasteiger partial charge in [-0.05, 0) is 19.1 Å². The van der Waals surface area contributed by atoms with Crippen LogP contribution in [0.2, 0.25) is 0 Å². The highest BCUT2D eigenvalue weighted by molar-refractivity contribution is 5.89. The van der Waals surface area contributed by atoms with Gasteiger partial charge in [0.25, 0.3) is 5.56 Å². The number of fused-ring (bicyclic) bond motifs is 3. The van der Waals surface area contributed by atoms with E-state index in [1.165, 1.54) is 5.56 Å². The zero-order chi connectivity index (χ0) is 15.3. The van der Waals surface area contributed by atoms with Crippen molar-refractivity contribution >= 4 is 16.4 Å². The zero-order valence-electron chi connectivity index (χ0n) is 12.2. The second-order valence-corrected chi connectivity index (χ2v) is 5.52. The second-order valence-electron chi connectivity index (χ2n) is 5.52. The Bertz CT molecular complexity index is 1060. The highest BCUT2D eigenvalue weighted by atomic mass is 16.1. The van der Waals surface area contributed by atoms with Gasteiger partial charge < -0.3 is 10.2 Å². The first-order valence-electron chi connectivity index (χ1n) is 7.13. The summed E-state index contributed by atoms with van der Waals surface area (Å²) in [5.74, 6) is 5.87. The molecule has 0 amide bonds. The van der Waals surface area contributed by atoms with E-state index in [2.05, 4.69) is 12.1 Å². The minimum atomic E-state index is -0.202. The standard InChI is InChI=1S/C18H15N3O/c1-12-6-8-13(9-7-12)17-11-20(19)18(22)16-10-14-4-2-3-5-15(14)21(16)17/h2-11H,19H2,1H3. The first-order valence-corrected chi connectivity index (χ1v) is 7.13. The maximum absolute atomic E-state index is 12.4. The fourth-order valence-electron chi connectivity index (χ4n) is 2.88. The molecular weight excluding hydrogens is 274 g/mol. The van der Waals surface area contributed by atoms with Crippen molar-refractivity contribution in [2.45, 2.75) is 6.92 Å². The molecule has 0 fully saturated rings. The Hall–Kier alpha value is -3.01. The SMILES string of the molecule is Cc1ccc(-c2cn(N)c(=O)c3cc4ccccc4n23)cc1. The number of rotatable bonds is 1. The Balaban J connectivity index is 2.20. The fraction of sp³-hybridized carbons (Fsp3) is 0.0556. The smallest absolute Gasteiger partial charge is 0.292 e. The molecule has 2 N–H and O–H groups in total. The normalized spacial score (nSPS) is 11.3. The molecule has 0 spiro atoms. The van der Waals surface area contributed by atoms with Crippen LogP contribution in [0.15, 0.2) is 65.6 Å². The lowest BCUT2D eigenvalue weighted by atomic mass is 10.1. The Morgan fingerprint density at radius 3 is 2.45 bits per heavy atom. The topological polar surface area (TPSA) is 52.4 Å². The van der Waals surface area contributed by atoms with Crippen molar-refractivity contribution in [1.29, 1.82) is 0 Å². The number of nitrogens with two attached hydrogens (primary N) is 1. The molecule has 4 aromatic rings. The summed E-state index contributed by atoms with van der Waals surface area (Å²) in [5, 5.41) is 1.03. The highest BCUT2D eigenvalue weighted by Gasteiger charge is 2.12. The summed E-state index contributed by atoms with van der Waals surface area (Å²) >= 11 is 0. The molecule has 0 aliphatic carbocycles.